The average molecular weight is 409 g/mol. The lowest BCUT2D eigenvalue weighted by molar-refractivity contribution is 0.0320. The van der Waals surface area contributed by atoms with Crippen molar-refractivity contribution in [3.63, 3.8) is 0 Å². The van der Waals surface area contributed by atoms with Gasteiger partial charge in [0.15, 0.2) is 6.10 Å². The summed E-state index contributed by atoms with van der Waals surface area (Å²) in [6.07, 6.45) is -0.901. The number of carbonyl (C=O) groups excluding carboxylic acids is 2. The second-order valence-corrected chi connectivity index (χ2v) is 7.65. The van der Waals surface area contributed by atoms with E-state index >= 15 is 0 Å². The molecular formula is C27H23NO3. The van der Waals surface area contributed by atoms with E-state index in [0.717, 1.165) is 16.7 Å². The molecule has 4 nitrogen and oxygen atoms in total. The predicted octanol–water partition coefficient (Wildman–Crippen LogP) is 5.95. The van der Waals surface area contributed by atoms with E-state index in [4.69, 9.17) is 9.72 Å². The number of aromatic nitrogens is 1. The van der Waals surface area contributed by atoms with E-state index in [2.05, 4.69) is 0 Å². The Kier molecular flexibility index (Phi) is 5.63. The molecule has 1 aromatic heterocycles. The van der Waals surface area contributed by atoms with Crippen LogP contribution in [0.2, 0.25) is 0 Å². The number of ketones is 1. The summed E-state index contributed by atoms with van der Waals surface area (Å²) in [4.78, 5) is 30.6. The maximum Gasteiger partial charge on any atom is 0.339 e. The molecular weight excluding hydrogens is 386 g/mol. The third-order valence-corrected chi connectivity index (χ3v) is 5.45. The number of esters is 1. The number of carbonyl (C=O) groups is 2. The first-order chi connectivity index (χ1) is 14.9. The fourth-order valence-corrected chi connectivity index (χ4v) is 3.51. The van der Waals surface area contributed by atoms with Gasteiger partial charge in [0.05, 0.1) is 16.8 Å². The summed E-state index contributed by atoms with van der Waals surface area (Å²) < 4.78 is 5.61. The van der Waals surface area contributed by atoms with Gasteiger partial charge >= 0.3 is 5.97 Å². The van der Waals surface area contributed by atoms with Crippen molar-refractivity contribution in [1.29, 1.82) is 0 Å². The fourth-order valence-electron chi connectivity index (χ4n) is 3.51. The van der Waals surface area contributed by atoms with Crippen LogP contribution in [0, 0.1) is 13.8 Å². The van der Waals surface area contributed by atoms with Crippen LogP contribution in [0.1, 0.15) is 38.8 Å². The summed E-state index contributed by atoms with van der Waals surface area (Å²) >= 11 is 0. The highest BCUT2D eigenvalue weighted by Crippen LogP contribution is 2.26. The highest BCUT2D eigenvalue weighted by molar-refractivity contribution is 6.06. The van der Waals surface area contributed by atoms with Crippen LogP contribution in [0.15, 0.2) is 78.9 Å². The molecule has 1 atom stereocenters. The Morgan fingerprint density at radius 2 is 1.55 bits per heavy atom. The first-order valence-electron chi connectivity index (χ1n) is 10.2. The van der Waals surface area contributed by atoms with Crippen molar-refractivity contribution in [3.8, 4) is 11.3 Å². The monoisotopic (exact) mass is 409 g/mol. The number of aryl methyl sites for hydroxylation is 2. The third kappa shape index (κ3) is 4.24. The molecule has 3 aromatic carbocycles. The van der Waals surface area contributed by atoms with Gasteiger partial charge in [-0.2, -0.15) is 0 Å². The van der Waals surface area contributed by atoms with Crippen molar-refractivity contribution < 1.29 is 14.3 Å². The molecule has 0 bridgehead atoms. The molecule has 0 aliphatic rings. The van der Waals surface area contributed by atoms with E-state index in [9.17, 15) is 9.59 Å². The maximum atomic E-state index is 13.1. The summed E-state index contributed by atoms with van der Waals surface area (Å²) in [5.74, 6) is -0.765. The standard InChI is InChI=1S/C27H23NO3/c1-17-13-14-21(15-18(17)2)26(29)19(3)31-27(30)23-16-25(20-9-5-4-6-10-20)28-24-12-8-7-11-22(23)24/h4-16,19H,1-3H3/t19-/m1/s1. The molecule has 4 rings (SSSR count). The van der Waals surface area contributed by atoms with E-state index in [-0.39, 0.29) is 5.78 Å². The molecule has 0 spiro atoms. The zero-order valence-electron chi connectivity index (χ0n) is 17.8. The number of Topliss-reactive ketones (excluding diaryl/α,β-unsaturated/α-hetero) is 1. The van der Waals surface area contributed by atoms with E-state index < -0.39 is 12.1 Å². The molecule has 1 heterocycles. The zero-order valence-corrected chi connectivity index (χ0v) is 17.8. The number of hydrogen-bond acceptors (Lipinski definition) is 4. The van der Waals surface area contributed by atoms with Crippen LogP contribution in [-0.2, 0) is 4.74 Å². The number of hydrogen-bond donors (Lipinski definition) is 0. The zero-order chi connectivity index (χ0) is 22.0. The first-order valence-corrected chi connectivity index (χ1v) is 10.2. The molecule has 4 aromatic rings. The Bertz CT molecular complexity index is 1280. The van der Waals surface area contributed by atoms with Crippen molar-refractivity contribution >= 4 is 22.7 Å². The van der Waals surface area contributed by atoms with E-state index in [0.29, 0.717) is 27.7 Å². The largest absolute Gasteiger partial charge is 0.451 e. The molecule has 0 aliphatic heterocycles. The molecule has 0 N–H and O–H groups in total. The Balaban J connectivity index is 1.66. The molecule has 0 saturated carbocycles. The molecule has 0 saturated heterocycles. The van der Waals surface area contributed by atoms with Crippen LogP contribution in [0.3, 0.4) is 0 Å². The minimum atomic E-state index is -0.901. The van der Waals surface area contributed by atoms with Crippen LogP contribution >= 0.6 is 0 Å². The Morgan fingerprint density at radius 3 is 2.29 bits per heavy atom. The van der Waals surface area contributed by atoms with Gasteiger partial charge in [0.25, 0.3) is 0 Å². The second kappa shape index (κ2) is 8.52. The number of ether oxygens (including phenoxy) is 1. The summed E-state index contributed by atoms with van der Waals surface area (Å²) in [5.41, 5.74) is 5.34. The number of para-hydroxylation sites is 1. The lowest BCUT2D eigenvalue weighted by Crippen LogP contribution is -2.24. The number of pyridine rings is 1. The van der Waals surface area contributed by atoms with Crippen molar-refractivity contribution in [2.75, 3.05) is 0 Å². The van der Waals surface area contributed by atoms with Crippen molar-refractivity contribution in [1.82, 2.24) is 4.98 Å². The first kappa shape index (κ1) is 20.5. The van der Waals surface area contributed by atoms with Gasteiger partial charge in [0, 0.05) is 16.5 Å². The minimum absolute atomic E-state index is 0.224. The molecule has 154 valence electrons. The van der Waals surface area contributed by atoms with E-state index in [1.54, 1.807) is 19.1 Å². The van der Waals surface area contributed by atoms with E-state index in [1.807, 2.05) is 80.6 Å². The van der Waals surface area contributed by atoms with Gasteiger partial charge in [0.1, 0.15) is 0 Å². The van der Waals surface area contributed by atoms with Crippen LogP contribution in [-0.4, -0.2) is 22.8 Å². The van der Waals surface area contributed by atoms with Crippen LogP contribution < -0.4 is 0 Å². The normalized spacial score (nSPS) is 11.8. The highest BCUT2D eigenvalue weighted by atomic mass is 16.5. The molecule has 0 unspecified atom stereocenters. The number of rotatable bonds is 5. The summed E-state index contributed by atoms with van der Waals surface area (Å²) in [6.45, 7) is 5.56. The number of fused-ring (bicyclic) bond motifs is 1. The predicted molar refractivity (Wildman–Crippen MR) is 122 cm³/mol. The van der Waals surface area contributed by atoms with Gasteiger partial charge in [-0.05, 0) is 50.1 Å². The SMILES string of the molecule is Cc1ccc(C(=O)[C@@H](C)OC(=O)c2cc(-c3ccccc3)nc3ccccc23)cc1C. The lowest BCUT2D eigenvalue weighted by Gasteiger charge is -2.15. The van der Waals surface area contributed by atoms with Crippen LogP contribution in [0.4, 0.5) is 0 Å². The summed E-state index contributed by atoms with van der Waals surface area (Å²) in [7, 11) is 0. The minimum Gasteiger partial charge on any atom is -0.451 e. The van der Waals surface area contributed by atoms with Crippen LogP contribution in [0.25, 0.3) is 22.2 Å². The van der Waals surface area contributed by atoms with Gasteiger partial charge < -0.3 is 4.74 Å². The smallest absolute Gasteiger partial charge is 0.339 e. The maximum absolute atomic E-state index is 13.1. The molecule has 0 amide bonds. The van der Waals surface area contributed by atoms with E-state index in [1.165, 1.54) is 0 Å². The molecule has 0 fully saturated rings. The Hall–Kier alpha value is -3.79. The number of nitrogens with zero attached hydrogens (tertiary/aromatic N) is 1. The topological polar surface area (TPSA) is 56.3 Å². The Labute approximate surface area is 181 Å². The third-order valence-electron chi connectivity index (χ3n) is 5.45. The summed E-state index contributed by atoms with van der Waals surface area (Å²) in [5, 5.41) is 0.693. The van der Waals surface area contributed by atoms with Crippen molar-refractivity contribution in [3.05, 3.63) is 101 Å². The Morgan fingerprint density at radius 1 is 0.839 bits per heavy atom. The number of benzene rings is 3. The van der Waals surface area contributed by atoms with Gasteiger partial charge in [0.2, 0.25) is 5.78 Å². The average Bonchev–Trinajstić information content (AvgIpc) is 2.80. The second-order valence-electron chi connectivity index (χ2n) is 7.65. The molecule has 0 aliphatic carbocycles. The fraction of sp³-hybridized carbons (Fsp3) is 0.148. The lowest BCUT2D eigenvalue weighted by atomic mass is 10.0. The van der Waals surface area contributed by atoms with Crippen molar-refractivity contribution in [2.45, 2.75) is 26.9 Å². The van der Waals surface area contributed by atoms with Gasteiger partial charge in [-0.1, -0.05) is 60.7 Å². The van der Waals surface area contributed by atoms with Gasteiger partial charge in [-0.3, -0.25) is 4.79 Å². The summed E-state index contributed by atoms with van der Waals surface area (Å²) in [6, 6.07) is 24.3. The van der Waals surface area contributed by atoms with Crippen LogP contribution in [0.5, 0.6) is 0 Å². The molecule has 31 heavy (non-hydrogen) atoms. The van der Waals surface area contributed by atoms with Gasteiger partial charge in [-0.15, -0.1) is 0 Å². The van der Waals surface area contributed by atoms with Crippen molar-refractivity contribution in [2.24, 2.45) is 0 Å². The van der Waals surface area contributed by atoms with Gasteiger partial charge in [-0.25, -0.2) is 9.78 Å². The highest BCUT2D eigenvalue weighted by Gasteiger charge is 2.23. The quantitative estimate of drug-likeness (QED) is 0.302. The molecule has 0 radical (unpaired) electrons. The molecule has 4 heteroatoms.